The molecule has 2 aromatic heterocycles. The number of nitrogens with one attached hydrogen (secondary N) is 1. The zero-order chi connectivity index (χ0) is 20.2. The molecule has 0 aliphatic heterocycles. The van der Waals surface area contributed by atoms with Crippen molar-refractivity contribution in [3.05, 3.63) is 41.6 Å². The Labute approximate surface area is 153 Å². The minimum Gasteiger partial charge on any atom is -0.444 e. The molecule has 0 aromatic carbocycles. The minimum atomic E-state index is -4.65. The highest BCUT2D eigenvalue weighted by molar-refractivity contribution is 5.68. The number of rotatable bonds is 4. The van der Waals surface area contributed by atoms with E-state index in [0.717, 1.165) is 12.4 Å². The smallest absolute Gasteiger partial charge is 0.444 e. The summed E-state index contributed by atoms with van der Waals surface area (Å²) in [6.07, 6.45) is -2.11. The van der Waals surface area contributed by atoms with Gasteiger partial charge in [-0.25, -0.2) is 19.2 Å². The lowest BCUT2D eigenvalue weighted by atomic mass is 10.1. The second-order valence-electron chi connectivity index (χ2n) is 6.62. The van der Waals surface area contributed by atoms with Gasteiger partial charge in [-0.2, -0.15) is 13.2 Å². The van der Waals surface area contributed by atoms with E-state index >= 15 is 0 Å². The van der Waals surface area contributed by atoms with Crippen LogP contribution in [0.25, 0.3) is 11.3 Å². The van der Waals surface area contributed by atoms with Gasteiger partial charge in [0.25, 0.3) is 0 Å². The van der Waals surface area contributed by atoms with E-state index in [2.05, 4.69) is 20.3 Å². The minimum absolute atomic E-state index is 0.0365. The van der Waals surface area contributed by atoms with Gasteiger partial charge in [-0.3, -0.25) is 4.98 Å². The second-order valence-corrected chi connectivity index (χ2v) is 6.62. The summed E-state index contributed by atoms with van der Waals surface area (Å²) >= 11 is 0. The fraction of sp³-hybridized carbons (Fsp3) is 0.412. The number of hydrogen-bond donors (Lipinski definition) is 1. The second kappa shape index (κ2) is 7.85. The summed E-state index contributed by atoms with van der Waals surface area (Å²) in [7, 11) is 0. The van der Waals surface area contributed by atoms with E-state index in [1.165, 1.54) is 12.3 Å². The Bertz CT molecular complexity index is 802. The molecule has 0 aliphatic carbocycles. The topological polar surface area (TPSA) is 77.0 Å². The van der Waals surface area contributed by atoms with E-state index in [0.29, 0.717) is 5.56 Å². The summed E-state index contributed by atoms with van der Waals surface area (Å²) in [6, 6.07) is 1.46. The molecule has 0 radical (unpaired) electrons. The number of ether oxygens (including phenoxy) is 1. The number of hydrogen-bond acceptors (Lipinski definition) is 5. The van der Waals surface area contributed by atoms with Crippen LogP contribution in [0.5, 0.6) is 0 Å². The first-order chi connectivity index (χ1) is 12.5. The number of amides is 1. The number of halogens is 4. The largest absolute Gasteiger partial charge is 0.451 e. The zero-order valence-electron chi connectivity index (χ0n) is 14.9. The Hall–Kier alpha value is -2.78. The van der Waals surface area contributed by atoms with Gasteiger partial charge >= 0.3 is 12.3 Å². The molecule has 27 heavy (non-hydrogen) atoms. The molecule has 10 heteroatoms. The van der Waals surface area contributed by atoms with Gasteiger partial charge in [0.1, 0.15) is 12.3 Å². The van der Waals surface area contributed by atoms with Gasteiger partial charge in [0.2, 0.25) is 5.82 Å². The van der Waals surface area contributed by atoms with Gasteiger partial charge < -0.3 is 10.1 Å². The summed E-state index contributed by atoms with van der Waals surface area (Å²) in [5.74, 6) is -1.27. The van der Waals surface area contributed by atoms with Crippen LogP contribution in [0.4, 0.5) is 22.4 Å². The molecule has 0 atom stereocenters. The summed E-state index contributed by atoms with van der Waals surface area (Å²) in [5.41, 5.74) is 0.443. The van der Waals surface area contributed by atoms with E-state index in [9.17, 15) is 22.4 Å². The fourth-order valence-electron chi connectivity index (χ4n) is 2.06. The third kappa shape index (κ3) is 5.87. The highest BCUT2D eigenvalue weighted by atomic mass is 19.4. The number of alkyl halides is 4. The fourth-order valence-corrected chi connectivity index (χ4v) is 2.06. The normalized spacial score (nSPS) is 12.0. The average Bonchev–Trinajstić information content (AvgIpc) is 2.57. The zero-order valence-corrected chi connectivity index (χ0v) is 14.9. The predicted octanol–water partition coefficient (Wildman–Crippen LogP) is 4.05. The maximum Gasteiger partial charge on any atom is 0.451 e. The van der Waals surface area contributed by atoms with Crippen LogP contribution in [0.1, 0.15) is 37.7 Å². The molecule has 2 rings (SSSR count). The van der Waals surface area contributed by atoms with Crippen LogP contribution in [-0.4, -0.2) is 26.6 Å². The molecule has 1 amide bonds. The lowest BCUT2D eigenvalue weighted by Crippen LogP contribution is -2.32. The third-order valence-electron chi connectivity index (χ3n) is 3.25. The molecule has 0 bridgehead atoms. The van der Waals surface area contributed by atoms with Crippen LogP contribution in [0.3, 0.4) is 0 Å². The van der Waals surface area contributed by atoms with Crippen LogP contribution >= 0.6 is 0 Å². The van der Waals surface area contributed by atoms with Gasteiger partial charge in [0.05, 0.1) is 5.69 Å². The number of carbonyl (C=O) groups excluding carboxylic acids is 1. The molecule has 0 spiro atoms. The van der Waals surface area contributed by atoms with Crippen LogP contribution in [0.2, 0.25) is 0 Å². The van der Waals surface area contributed by atoms with E-state index in [1.807, 2.05) is 0 Å². The molecule has 0 saturated carbocycles. The third-order valence-corrected chi connectivity index (χ3v) is 3.25. The SMILES string of the molecule is CC(C)(C)OC(=O)NCc1cc(-c2cnc(C(F)(F)F)nc2)ncc1CF. The number of nitrogens with zero attached hydrogens (tertiary/aromatic N) is 3. The van der Waals surface area contributed by atoms with Crippen LogP contribution in [-0.2, 0) is 24.1 Å². The molecule has 0 saturated heterocycles. The van der Waals surface area contributed by atoms with Crippen molar-refractivity contribution in [1.29, 1.82) is 0 Å². The van der Waals surface area contributed by atoms with Crippen molar-refractivity contribution in [2.24, 2.45) is 0 Å². The Morgan fingerprint density at radius 3 is 2.22 bits per heavy atom. The highest BCUT2D eigenvalue weighted by Crippen LogP contribution is 2.27. The Kier molecular flexibility index (Phi) is 5.97. The Balaban J connectivity index is 2.20. The maximum atomic E-state index is 13.2. The van der Waals surface area contributed by atoms with Gasteiger partial charge in [0.15, 0.2) is 0 Å². The van der Waals surface area contributed by atoms with E-state index in [4.69, 9.17) is 4.74 Å². The summed E-state index contributed by atoms with van der Waals surface area (Å²) in [4.78, 5) is 22.3. The van der Waals surface area contributed by atoms with Gasteiger partial charge in [-0.1, -0.05) is 0 Å². The molecular weight excluding hydrogens is 368 g/mol. The predicted molar refractivity (Wildman–Crippen MR) is 88.2 cm³/mol. The maximum absolute atomic E-state index is 13.2. The Morgan fingerprint density at radius 2 is 1.70 bits per heavy atom. The summed E-state index contributed by atoms with van der Waals surface area (Å²) in [6.45, 7) is 4.26. The van der Waals surface area contributed by atoms with Crippen molar-refractivity contribution >= 4 is 6.09 Å². The van der Waals surface area contributed by atoms with Crippen LogP contribution in [0.15, 0.2) is 24.7 Å². The molecule has 0 fully saturated rings. The van der Waals surface area contributed by atoms with Gasteiger partial charge in [0, 0.05) is 36.3 Å². The first-order valence-corrected chi connectivity index (χ1v) is 7.90. The summed E-state index contributed by atoms with van der Waals surface area (Å²) in [5, 5.41) is 2.50. The monoisotopic (exact) mass is 386 g/mol. The lowest BCUT2D eigenvalue weighted by Gasteiger charge is -2.20. The van der Waals surface area contributed by atoms with Crippen LogP contribution < -0.4 is 5.32 Å². The van der Waals surface area contributed by atoms with E-state index in [-0.39, 0.29) is 23.4 Å². The van der Waals surface area contributed by atoms with Crippen molar-refractivity contribution in [1.82, 2.24) is 20.3 Å². The summed E-state index contributed by atoms with van der Waals surface area (Å²) < 4.78 is 55.9. The molecule has 6 nitrogen and oxygen atoms in total. The van der Waals surface area contributed by atoms with Gasteiger partial charge in [-0.15, -0.1) is 0 Å². The van der Waals surface area contributed by atoms with Crippen molar-refractivity contribution in [2.75, 3.05) is 0 Å². The highest BCUT2D eigenvalue weighted by Gasteiger charge is 2.34. The average molecular weight is 386 g/mol. The molecule has 0 unspecified atom stereocenters. The lowest BCUT2D eigenvalue weighted by molar-refractivity contribution is -0.145. The van der Waals surface area contributed by atoms with Crippen molar-refractivity contribution < 1.29 is 27.1 Å². The number of carbonyl (C=O) groups is 1. The molecule has 0 aliphatic rings. The van der Waals surface area contributed by atoms with E-state index in [1.54, 1.807) is 20.8 Å². The van der Waals surface area contributed by atoms with Crippen molar-refractivity contribution in [2.45, 2.75) is 45.8 Å². The van der Waals surface area contributed by atoms with Gasteiger partial charge in [-0.05, 0) is 32.4 Å². The molecule has 2 aromatic rings. The van der Waals surface area contributed by atoms with E-state index < -0.39 is 30.4 Å². The molecule has 2 heterocycles. The molecule has 1 N–H and O–H groups in total. The standard InChI is InChI=1S/C17H18F4N4O2/c1-16(2,3)27-15(26)25-6-10-4-13(22-7-11(10)5-18)12-8-23-14(24-9-12)17(19,20)21/h4,7-9H,5-6H2,1-3H3,(H,25,26). The molecular formula is C17H18F4N4O2. The quantitative estimate of drug-likeness (QED) is 0.802. The Morgan fingerprint density at radius 1 is 1.07 bits per heavy atom. The first-order valence-electron chi connectivity index (χ1n) is 7.90. The van der Waals surface area contributed by atoms with Crippen molar-refractivity contribution in [3.8, 4) is 11.3 Å². The van der Waals surface area contributed by atoms with Crippen LogP contribution in [0, 0.1) is 0 Å². The number of aromatic nitrogens is 3. The van der Waals surface area contributed by atoms with Crippen molar-refractivity contribution in [3.63, 3.8) is 0 Å². The first kappa shape index (κ1) is 20.5. The number of pyridine rings is 1. The number of alkyl carbamates (subject to hydrolysis) is 1. The molecule has 146 valence electrons.